The van der Waals surface area contributed by atoms with Crippen molar-refractivity contribution in [1.82, 2.24) is 14.8 Å². The molecule has 2 amide bonds. The molecule has 1 saturated heterocycles. The van der Waals surface area contributed by atoms with Crippen LogP contribution in [0.1, 0.15) is 42.5 Å². The number of anilines is 2. The van der Waals surface area contributed by atoms with Gasteiger partial charge in [-0.05, 0) is 36.5 Å². The second-order valence-corrected chi connectivity index (χ2v) is 9.14. The minimum Gasteiger partial charge on any atom is -0.347 e. The fourth-order valence-electron chi connectivity index (χ4n) is 5.17. The van der Waals surface area contributed by atoms with E-state index in [1.165, 1.54) is 4.90 Å². The molecule has 0 saturated carbocycles. The summed E-state index contributed by atoms with van der Waals surface area (Å²) in [4.78, 5) is 32.0. The van der Waals surface area contributed by atoms with E-state index in [-0.39, 0.29) is 41.7 Å². The maximum atomic E-state index is 13.1. The Labute approximate surface area is 196 Å². The number of nitrogens with one attached hydrogen (secondary N) is 1. The summed E-state index contributed by atoms with van der Waals surface area (Å²) in [6.45, 7) is 0. The molecule has 33 heavy (non-hydrogen) atoms. The molecular weight excluding hydrogens is 438 g/mol. The van der Waals surface area contributed by atoms with Gasteiger partial charge < -0.3 is 5.32 Å². The second-order valence-electron chi connectivity index (χ2n) is 8.73. The van der Waals surface area contributed by atoms with E-state index in [2.05, 4.69) is 27.5 Å². The Hall–Kier alpha value is -3.45. The van der Waals surface area contributed by atoms with Crippen molar-refractivity contribution in [2.75, 3.05) is 10.2 Å². The minimum absolute atomic E-state index is 0.0196. The van der Waals surface area contributed by atoms with Crippen LogP contribution in [0.4, 0.5) is 11.9 Å². The van der Waals surface area contributed by atoms with Gasteiger partial charge in [-0.2, -0.15) is 4.98 Å². The van der Waals surface area contributed by atoms with E-state index in [9.17, 15) is 9.59 Å². The average Bonchev–Trinajstić information content (AvgIpc) is 3.38. The van der Waals surface area contributed by atoms with Crippen LogP contribution in [0.5, 0.6) is 0 Å². The van der Waals surface area contributed by atoms with Crippen LogP contribution < -0.4 is 10.2 Å². The molecule has 0 unspecified atom stereocenters. The quantitative estimate of drug-likeness (QED) is 0.459. The highest BCUT2D eigenvalue weighted by molar-refractivity contribution is 6.31. The molecule has 0 radical (unpaired) electrons. The molecular formula is C25H22ClN5O2. The van der Waals surface area contributed by atoms with Gasteiger partial charge in [0.25, 0.3) is 5.95 Å². The first-order chi connectivity index (χ1) is 16.1. The van der Waals surface area contributed by atoms with Crippen molar-refractivity contribution in [2.24, 2.45) is 11.8 Å². The van der Waals surface area contributed by atoms with Gasteiger partial charge in [0, 0.05) is 5.02 Å². The maximum absolute atomic E-state index is 13.1. The van der Waals surface area contributed by atoms with E-state index in [0.717, 1.165) is 11.1 Å². The van der Waals surface area contributed by atoms with E-state index in [0.29, 0.717) is 30.2 Å². The molecule has 2 aliphatic heterocycles. The summed E-state index contributed by atoms with van der Waals surface area (Å²) in [6, 6.07) is 17.6. The van der Waals surface area contributed by atoms with Gasteiger partial charge in [-0.15, -0.1) is 5.10 Å². The van der Waals surface area contributed by atoms with Crippen molar-refractivity contribution >= 4 is 35.3 Å². The molecule has 6 rings (SSSR count). The fraction of sp³-hybridized carbons (Fsp3) is 0.280. The molecule has 1 aliphatic carbocycles. The highest BCUT2D eigenvalue weighted by atomic mass is 35.5. The van der Waals surface area contributed by atoms with Crippen LogP contribution >= 0.6 is 11.6 Å². The van der Waals surface area contributed by atoms with Gasteiger partial charge in [0.15, 0.2) is 0 Å². The average molecular weight is 460 g/mol. The first-order valence-electron chi connectivity index (χ1n) is 11.2. The van der Waals surface area contributed by atoms with Crippen LogP contribution in [0.2, 0.25) is 5.02 Å². The molecule has 1 aromatic heterocycles. The number of aromatic nitrogens is 3. The summed E-state index contributed by atoms with van der Waals surface area (Å²) in [6.07, 6.45) is 5.80. The summed E-state index contributed by atoms with van der Waals surface area (Å²) < 4.78 is 1.76. The molecule has 166 valence electrons. The van der Waals surface area contributed by atoms with Crippen molar-refractivity contribution < 1.29 is 9.59 Å². The predicted molar refractivity (Wildman–Crippen MR) is 125 cm³/mol. The maximum Gasteiger partial charge on any atom is 0.260 e. The Morgan fingerprint density at radius 1 is 0.909 bits per heavy atom. The number of benzene rings is 2. The summed E-state index contributed by atoms with van der Waals surface area (Å²) >= 11 is 6.57. The number of nitrogens with zero attached hydrogens (tertiary/aromatic N) is 4. The molecule has 2 aromatic carbocycles. The number of carbonyl (C=O) groups is 2. The number of hydrogen-bond donors (Lipinski definition) is 1. The molecule has 7 nitrogen and oxygen atoms in total. The summed E-state index contributed by atoms with van der Waals surface area (Å²) in [5, 5.41) is 8.76. The Morgan fingerprint density at radius 3 is 2.27 bits per heavy atom. The number of amides is 2. The van der Waals surface area contributed by atoms with Crippen LogP contribution in [0.25, 0.3) is 0 Å². The third-order valence-electron chi connectivity index (χ3n) is 6.85. The number of imide groups is 1. The van der Waals surface area contributed by atoms with Gasteiger partial charge in [0.2, 0.25) is 17.8 Å². The van der Waals surface area contributed by atoms with Crippen LogP contribution in [0.15, 0.2) is 66.7 Å². The fourth-order valence-corrected chi connectivity index (χ4v) is 5.43. The smallest absolute Gasteiger partial charge is 0.260 e. The van der Waals surface area contributed by atoms with E-state index in [1.54, 1.807) is 4.68 Å². The molecule has 1 N–H and O–H groups in total. The largest absolute Gasteiger partial charge is 0.347 e. The zero-order chi connectivity index (χ0) is 22.5. The van der Waals surface area contributed by atoms with Crippen molar-refractivity contribution in [3.63, 3.8) is 0 Å². The van der Waals surface area contributed by atoms with Crippen molar-refractivity contribution in [3.05, 3.63) is 82.9 Å². The Morgan fingerprint density at radius 2 is 1.58 bits per heavy atom. The normalized spacial score (nSPS) is 26.2. The number of halogens is 1. The zero-order valence-electron chi connectivity index (χ0n) is 17.8. The molecule has 0 bridgehead atoms. The standard InChI is InChI=1S/C25H22ClN5O2/c26-19-13-7-6-12-18(19)21-14-20(15-8-2-1-3-9-15)27-24-28-25(29-31(21)24)30-22(32)16-10-4-5-11-17(16)23(30)33/h1-9,12-13,16-17,20-21H,10-11,14H2,(H,27,28,29)/t16-,17+,20-,21-/m0/s1. The van der Waals surface area contributed by atoms with Crippen molar-refractivity contribution in [3.8, 4) is 0 Å². The van der Waals surface area contributed by atoms with Crippen LogP contribution in [0, 0.1) is 11.8 Å². The van der Waals surface area contributed by atoms with Crippen molar-refractivity contribution in [1.29, 1.82) is 0 Å². The highest BCUT2D eigenvalue weighted by Gasteiger charge is 2.50. The van der Waals surface area contributed by atoms with Crippen molar-refractivity contribution in [2.45, 2.75) is 31.3 Å². The second kappa shape index (κ2) is 7.85. The summed E-state index contributed by atoms with van der Waals surface area (Å²) in [5.74, 6) is -0.437. The lowest BCUT2D eigenvalue weighted by Gasteiger charge is -2.32. The third-order valence-corrected chi connectivity index (χ3v) is 7.20. The lowest BCUT2D eigenvalue weighted by atomic mass is 9.85. The van der Waals surface area contributed by atoms with Crippen LogP contribution in [0.3, 0.4) is 0 Å². The van der Waals surface area contributed by atoms with Gasteiger partial charge in [-0.3, -0.25) is 9.59 Å². The number of allylic oxidation sites excluding steroid dienone is 2. The number of rotatable bonds is 3. The minimum atomic E-state index is -0.326. The lowest BCUT2D eigenvalue weighted by Crippen LogP contribution is -2.32. The van der Waals surface area contributed by atoms with Gasteiger partial charge in [-0.1, -0.05) is 72.3 Å². The van der Waals surface area contributed by atoms with E-state index < -0.39 is 0 Å². The Bertz CT molecular complexity index is 1240. The molecule has 0 spiro atoms. The summed E-state index contributed by atoms with van der Waals surface area (Å²) in [5.41, 5.74) is 2.05. The Balaban J connectivity index is 1.42. The van der Waals surface area contributed by atoms with E-state index >= 15 is 0 Å². The summed E-state index contributed by atoms with van der Waals surface area (Å²) in [7, 11) is 0. The van der Waals surface area contributed by atoms with E-state index in [4.69, 9.17) is 11.6 Å². The number of hydrogen-bond acceptors (Lipinski definition) is 5. The lowest BCUT2D eigenvalue weighted by molar-refractivity contribution is -0.122. The molecule has 3 heterocycles. The molecule has 4 atom stereocenters. The van der Waals surface area contributed by atoms with Crippen LogP contribution in [-0.2, 0) is 9.59 Å². The topological polar surface area (TPSA) is 80.1 Å². The zero-order valence-corrected chi connectivity index (χ0v) is 18.5. The first kappa shape index (κ1) is 20.2. The molecule has 3 aliphatic rings. The highest BCUT2D eigenvalue weighted by Crippen LogP contribution is 2.42. The number of carbonyl (C=O) groups excluding carboxylic acids is 2. The Kier molecular flexibility index (Phi) is 4.80. The molecule has 1 fully saturated rings. The molecule has 8 heteroatoms. The third kappa shape index (κ3) is 3.26. The van der Waals surface area contributed by atoms with Gasteiger partial charge in [-0.25, -0.2) is 9.58 Å². The van der Waals surface area contributed by atoms with E-state index in [1.807, 2.05) is 54.6 Å². The number of fused-ring (bicyclic) bond motifs is 2. The van der Waals surface area contributed by atoms with Gasteiger partial charge in [0.05, 0.1) is 23.9 Å². The van der Waals surface area contributed by atoms with Gasteiger partial charge in [0.1, 0.15) is 0 Å². The monoisotopic (exact) mass is 459 g/mol. The predicted octanol–water partition coefficient (Wildman–Crippen LogP) is 4.53. The van der Waals surface area contributed by atoms with Gasteiger partial charge >= 0.3 is 0 Å². The first-order valence-corrected chi connectivity index (χ1v) is 11.5. The SMILES string of the molecule is O=C1[C@H]2CC=CC[C@H]2C(=O)N1c1nc2n(n1)[C@H](c1ccccc1Cl)C[C@@H](c1ccccc1)N2. The van der Waals surface area contributed by atoms with Crippen LogP contribution in [-0.4, -0.2) is 26.6 Å². The molecule has 3 aromatic rings.